The number of fused-ring (bicyclic) bond motifs is 1. The number of nitrogens with zero attached hydrogens (tertiary/aromatic N) is 1. The standard InChI is InChI=1S/C17H21N/c1-12-7-3-5-9-15(12)17-13(2)18-11-14-8-4-6-10-16(14)17/h4,6,8,10-12,15H,3,5,7,9H2,1-2H3/t12-,15?/m1/s1. The zero-order chi connectivity index (χ0) is 12.5. The molecular formula is C17H21N. The Bertz CT molecular complexity index is 559. The van der Waals surface area contributed by atoms with Crippen molar-refractivity contribution in [3.8, 4) is 0 Å². The molecule has 1 unspecified atom stereocenters. The lowest BCUT2D eigenvalue weighted by Crippen LogP contribution is -2.16. The summed E-state index contributed by atoms with van der Waals surface area (Å²) in [6.45, 7) is 4.58. The summed E-state index contributed by atoms with van der Waals surface area (Å²) in [4.78, 5) is 4.62. The molecule has 1 heterocycles. The Morgan fingerprint density at radius 1 is 1.11 bits per heavy atom. The minimum absolute atomic E-state index is 0.706. The van der Waals surface area contributed by atoms with E-state index in [-0.39, 0.29) is 0 Å². The summed E-state index contributed by atoms with van der Waals surface area (Å²) in [6.07, 6.45) is 7.49. The van der Waals surface area contributed by atoms with E-state index in [1.807, 2.05) is 6.20 Å². The van der Waals surface area contributed by atoms with E-state index in [0.717, 1.165) is 5.92 Å². The Morgan fingerprint density at radius 2 is 1.89 bits per heavy atom. The monoisotopic (exact) mass is 239 g/mol. The molecule has 1 nitrogen and oxygen atoms in total. The van der Waals surface area contributed by atoms with Gasteiger partial charge < -0.3 is 0 Å². The van der Waals surface area contributed by atoms with Crippen molar-refractivity contribution in [3.05, 3.63) is 41.7 Å². The third-order valence-electron chi connectivity index (χ3n) is 4.52. The molecule has 2 aromatic rings. The minimum atomic E-state index is 0.706. The van der Waals surface area contributed by atoms with Crippen LogP contribution in [-0.4, -0.2) is 4.98 Å². The van der Waals surface area contributed by atoms with Gasteiger partial charge in [0.25, 0.3) is 0 Å². The van der Waals surface area contributed by atoms with Crippen LogP contribution in [-0.2, 0) is 0 Å². The molecule has 0 amide bonds. The topological polar surface area (TPSA) is 12.9 Å². The lowest BCUT2D eigenvalue weighted by Gasteiger charge is -2.30. The first-order valence-electron chi connectivity index (χ1n) is 7.11. The largest absolute Gasteiger partial charge is 0.261 e. The summed E-state index contributed by atoms with van der Waals surface area (Å²) in [5.41, 5.74) is 2.74. The van der Waals surface area contributed by atoms with Crippen LogP contribution in [0.15, 0.2) is 30.5 Å². The van der Waals surface area contributed by atoms with Crippen molar-refractivity contribution in [1.29, 1.82) is 0 Å². The average molecular weight is 239 g/mol. The van der Waals surface area contributed by atoms with E-state index in [9.17, 15) is 0 Å². The number of benzene rings is 1. The van der Waals surface area contributed by atoms with Gasteiger partial charge in [-0.2, -0.15) is 0 Å². The Balaban J connectivity index is 2.17. The highest BCUT2D eigenvalue weighted by atomic mass is 14.7. The molecule has 0 bridgehead atoms. The fraction of sp³-hybridized carbons (Fsp3) is 0.471. The second-order valence-electron chi connectivity index (χ2n) is 5.71. The van der Waals surface area contributed by atoms with Crippen molar-refractivity contribution in [2.24, 2.45) is 5.92 Å². The lowest BCUT2D eigenvalue weighted by molar-refractivity contribution is 0.331. The summed E-state index contributed by atoms with van der Waals surface area (Å²) in [5.74, 6) is 1.50. The second kappa shape index (κ2) is 4.72. The molecule has 0 radical (unpaired) electrons. The van der Waals surface area contributed by atoms with Crippen molar-refractivity contribution in [2.75, 3.05) is 0 Å². The van der Waals surface area contributed by atoms with Gasteiger partial charge >= 0.3 is 0 Å². The Kier molecular flexibility index (Phi) is 3.07. The normalized spacial score (nSPS) is 24.3. The molecule has 18 heavy (non-hydrogen) atoms. The van der Waals surface area contributed by atoms with Crippen molar-refractivity contribution in [3.63, 3.8) is 0 Å². The highest BCUT2D eigenvalue weighted by Gasteiger charge is 2.25. The molecule has 1 aliphatic rings. The van der Waals surface area contributed by atoms with Crippen molar-refractivity contribution >= 4 is 10.8 Å². The molecule has 1 saturated carbocycles. The predicted octanol–water partition coefficient (Wildman–Crippen LogP) is 4.84. The molecule has 3 rings (SSSR count). The summed E-state index contributed by atoms with van der Waals surface area (Å²) in [6, 6.07) is 8.70. The maximum atomic E-state index is 4.62. The van der Waals surface area contributed by atoms with E-state index < -0.39 is 0 Å². The van der Waals surface area contributed by atoms with Gasteiger partial charge in [0.05, 0.1) is 0 Å². The number of rotatable bonds is 1. The third-order valence-corrected chi connectivity index (χ3v) is 4.52. The van der Waals surface area contributed by atoms with Gasteiger partial charge in [-0.3, -0.25) is 4.98 Å². The first-order chi connectivity index (χ1) is 8.77. The van der Waals surface area contributed by atoms with E-state index >= 15 is 0 Å². The van der Waals surface area contributed by atoms with Crippen LogP contribution in [0.3, 0.4) is 0 Å². The van der Waals surface area contributed by atoms with Crippen LogP contribution in [0.1, 0.15) is 49.8 Å². The van der Waals surface area contributed by atoms with Crippen LogP contribution in [0.5, 0.6) is 0 Å². The minimum Gasteiger partial charge on any atom is -0.261 e. The van der Waals surface area contributed by atoms with Crippen LogP contribution < -0.4 is 0 Å². The molecule has 1 aromatic carbocycles. The van der Waals surface area contributed by atoms with Gasteiger partial charge in [0, 0.05) is 17.3 Å². The summed E-state index contributed by atoms with van der Waals surface area (Å²) in [7, 11) is 0. The van der Waals surface area contributed by atoms with Gasteiger partial charge in [-0.25, -0.2) is 0 Å². The van der Waals surface area contributed by atoms with Crippen LogP contribution in [0.2, 0.25) is 0 Å². The van der Waals surface area contributed by atoms with E-state index in [2.05, 4.69) is 43.1 Å². The second-order valence-corrected chi connectivity index (χ2v) is 5.71. The van der Waals surface area contributed by atoms with Gasteiger partial charge in [0.1, 0.15) is 0 Å². The first-order valence-corrected chi connectivity index (χ1v) is 7.11. The van der Waals surface area contributed by atoms with Gasteiger partial charge in [-0.1, -0.05) is 50.5 Å². The zero-order valence-electron chi connectivity index (χ0n) is 11.3. The summed E-state index contributed by atoms with van der Waals surface area (Å²) >= 11 is 0. The van der Waals surface area contributed by atoms with E-state index in [1.165, 1.54) is 47.7 Å². The number of hydrogen-bond donors (Lipinski definition) is 0. The molecule has 0 N–H and O–H groups in total. The maximum Gasteiger partial charge on any atom is 0.0413 e. The van der Waals surface area contributed by atoms with Crippen LogP contribution in [0, 0.1) is 12.8 Å². The van der Waals surface area contributed by atoms with Crippen LogP contribution in [0.4, 0.5) is 0 Å². The Labute approximate surface area is 109 Å². The number of aryl methyl sites for hydroxylation is 1. The quantitative estimate of drug-likeness (QED) is 0.694. The van der Waals surface area contributed by atoms with Gasteiger partial charge in [0.15, 0.2) is 0 Å². The molecule has 0 aliphatic heterocycles. The van der Waals surface area contributed by atoms with E-state index in [1.54, 1.807) is 0 Å². The van der Waals surface area contributed by atoms with Crippen LogP contribution >= 0.6 is 0 Å². The highest BCUT2D eigenvalue weighted by Crippen LogP contribution is 2.41. The lowest BCUT2D eigenvalue weighted by atomic mass is 9.75. The molecule has 0 spiro atoms. The highest BCUT2D eigenvalue weighted by molar-refractivity contribution is 5.86. The van der Waals surface area contributed by atoms with Gasteiger partial charge in [-0.05, 0) is 36.1 Å². The summed E-state index contributed by atoms with van der Waals surface area (Å²) < 4.78 is 0. The molecule has 2 atom stereocenters. The molecule has 0 saturated heterocycles. The zero-order valence-corrected chi connectivity index (χ0v) is 11.3. The molecule has 1 aliphatic carbocycles. The van der Waals surface area contributed by atoms with Crippen molar-refractivity contribution < 1.29 is 0 Å². The number of aromatic nitrogens is 1. The fourth-order valence-electron chi connectivity index (χ4n) is 3.50. The van der Waals surface area contributed by atoms with E-state index in [4.69, 9.17) is 0 Å². The number of hydrogen-bond acceptors (Lipinski definition) is 1. The molecular weight excluding hydrogens is 218 g/mol. The fourth-order valence-corrected chi connectivity index (χ4v) is 3.50. The molecule has 1 fully saturated rings. The molecule has 1 aromatic heterocycles. The number of pyridine rings is 1. The molecule has 94 valence electrons. The van der Waals surface area contributed by atoms with Gasteiger partial charge in [0.2, 0.25) is 0 Å². The Morgan fingerprint density at radius 3 is 2.72 bits per heavy atom. The van der Waals surface area contributed by atoms with Crippen LogP contribution in [0.25, 0.3) is 10.8 Å². The average Bonchev–Trinajstić information content (AvgIpc) is 2.40. The van der Waals surface area contributed by atoms with E-state index in [0.29, 0.717) is 5.92 Å². The predicted molar refractivity (Wildman–Crippen MR) is 76.9 cm³/mol. The summed E-state index contributed by atoms with van der Waals surface area (Å²) in [5, 5.41) is 2.71. The SMILES string of the molecule is Cc1ncc2ccccc2c1C1CCCC[C@H]1C. The smallest absolute Gasteiger partial charge is 0.0413 e. The van der Waals surface area contributed by atoms with Gasteiger partial charge in [-0.15, -0.1) is 0 Å². The molecule has 1 heteroatoms. The maximum absolute atomic E-state index is 4.62. The first kappa shape index (κ1) is 11.7. The van der Waals surface area contributed by atoms with Crippen molar-refractivity contribution in [1.82, 2.24) is 4.98 Å². The van der Waals surface area contributed by atoms with Crippen molar-refractivity contribution in [2.45, 2.75) is 45.4 Å². The third kappa shape index (κ3) is 1.92. The Hall–Kier alpha value is -1.37.